The zero-order valence-electron chi connectivity index (χ0n) is 11.8. The number of imidazole rings is 1. The van der Waals surface area contributed by atoms with E-state index in [1.807, 2.05) is 0 Å². The van der Waals surface area contributed by atoms with Crippen molar-refractivity contribution in [2.45, 2.75) is 24.0 Å². The number of likely N-dealkylation sites (N-methyl/N-ethyl adjacent to an activating group) is 1. The number of rotatable bonds is 2. The molecule has 4 heterocycles. The SMILES string of the molecule is CN1C[C@]2(CO)OC(n3cnc4c(N)ncnc43)C(O1)C2O. The Morgan fingerprint density at radius 3 is 3.05 bits per heavy atom. The summed E-state index contributed by atoms with van der Waals surface area (Å²) < 4.78 is 7.59. The first-order valence-electron chi connectivity index (χ1n) is 6.83. The van der Waals surface area contributed by atoms with E-state index in [1.165, 1.54) is 12.7 Å². The molecule has 0 amide bonds. The van der Waals surface area contributed by atoms with E-state index in [0.29, 0.717) is 11.2 Å². The first-order valence-corrected chi connectivity index (χ1v) is 6.83. The number of hydroxylamine groups is 2. The van der Waals surface area contributed by atoms with Gasteiger partial charge >= 0.3 is 0 Å². The first kappa shape index (κ1) is 13.8. The number of nitrogen functional groups attached to an aromatic ring is 1. The molecule has 2 fully saturated rings. The van der Waals surface area contributed by atoms with Crippen LogP contribution in [0.4, 0.5) is 5.82 Å². The van der Waals surface area contributed by atoms with E-state index in [-0.39, 0.29) is 19.0 Å². The van der Waals surface area contributed by atoms with Crippen LogP contribution in [-0.2, 0) is 9.57 Å². The van der Waals surface area contributed by atoms with E-state index in [4.69, 9.17) is 15.3 Å². The number of nitrogens with two attached hydrogens (primary N) is 1. The van der Waals surface area contributed by atoms with Crippen molar-refractivity contribution in [3.8, 4) is 0 Å². The summed E-state index contributed by atoms with van der Waals surface area (Å²) in [6.07, 6.45) is 0.533. The van der Waals surface area contributed by atoms with Gasteiger partial charge in [0.2, 0.25) is 0 Å². The van der Waals surface area contributed by atoms with Crippen molar-refractivity contribution in [1.29, 1.82) is 0 Å². The first-order chi connectivity index (χ1) is 10.6. The highest BCUT2D eigenvalue weighted by Gasteiger charge is 2.60. The molecule has 10 heteroatoms. The number of hydrogen-bond donors (Lipinski definition) is 3. The van der Waals surface area contributed by atoms with E-state index in [9.17, 15) is 10.2 Å². The lowest BCUT2D eigenvalue weighted by Gasteiger charge is -2.38. The van der Waals surface area contributed by atoms with Crippen molar-refractivity contribution < 1.29 is 19.8 Å². The summed E-state index contributed by atoms with van der Waals surface area (Å²) in [5, 5.41) is 21.7. The second kappa shape index (κ2) is 4.57. The van der Waals surface area contributed by atoms with Gasteiger partial charge in [-0.3, -0.25) is 9.40 Å². The maximum Gasteiger partial charge on any atom is 0.168 e. The van der Waals surface area contributed by atoms with Gasteiger partial charge in [-0.2, -0.15) is 5.06 Å². The van der Waals surface area contributed by atoms with Crippen LogP contribution in [0.25, 0.3) is 11.2 Å². The van der Waals surface area contributed by atoms with Crippen molar-refractivity contribution in [1.82, 2.24) is 24.6 Å². The van der Waals surface area contributed by atoms with Crippen molar-refractivity contribution in [2.75, 3.05) is 25.9 Å². The molecule has 0 saturated carbocycles. The lowest BCUT2D eigenvalue weighted by molar-refractivity contribution is -0.256. The molecule has 22 heavy (non-hydrogen) atoms. The molecule has 2 saturated heterocycles. The standard InChI is InChI=1S/C12H16N6O4/c1-17-2-12(3-19)8(20)7(22-17)11(21-12)18-5-16-6-9(13)14-4-15-10(6)18/h4-5,7-8,11,19-20H,2-3H2,1H3,(H2,13,14,15)/t7?,8?,11?,12-/m1/s1. The molecule has 0 aliphatic carbocycles. The van der Waals surface area contributed by atoms with Gasteiger partial charge in [-0.25, -0.2) is 15.0 Å². The zero-order chi connectivity index (χ0) is 15.5. The number of hydrogen-bond acceptors (Lipinski definition) is 9. The number of ether oxygens (including phenoxy) is 1. The van der Waals surface area contributed by atoms with Crippen LogP contribution in [0, 0.1) is 0 Å². The summed E-state index contributed by atoms with van der Waals surface area (Å²) in [5.41, 5.74) is 5.62. The fourth-order valence-corrected chi connectivity index (χ4v) is 3.15. The molecule has 0 spiro atoms. The van der Waals surface area contributed by atoms with Crippen molar-refractivity contribution >= 4 is 17.0 Å². The summed E-state index contributed by atoms with van der Waals surface area (Å²) in [6.45, 7) is -0.0694. The fourth-order valence-electron chi connectivity index (χ4n) is 3.15. The van der Waals surface area contributed by atoms with Crippen LogP contribution >= 0.6 is 0 Å². The van der Waals surface area contributed by atoms with Crippen molar-refractivity contribution in [3.05, 3.63) is 12.7 Å². The van der Waals surface area contributed by atoms with Crippen molar-refractivity contribution in [3.63, 3.8) is 0 Å². The predicted molar refractivity (Wildman–Crippen MR) is 73.2 cm³/mol. The average molecular weight is 308 g/mol. The van der Waals surface area contributed by atoms with Gasteiger partial charge in [0.05, 0.1) is 19.5 Å². The molecule has 2 bridgehead atoms. The molecule has 4 atom stereocenters. The average Bonchev–Trinajstić information content (AvgIpc) is 2.98. The molecule has 0 aromatic carbocycles. The van der Waals surface area contributed by atoms with Gasteiger partial charge in [-0.15, -0.1) is 0 Å². The van der Waals surface area contributed by atoms with Gasteiger partial charge < -0.3 is 20.7 Å². The van der Waals surface area contributed by atoms with Gasteiger partial charge in [0.25, 0.3) is 0 Å². The molecule has 3 unspecified atom stereocenters. The van der Waals surface area contributed by atoms with Gasteiger partial charge in [-0.05, 0) is 0 Å². The summed E-state index contributed by atoms with van der Waals surface area (Å²) in [4.78, 5) is 17.9. The second-order valence-corrected chi connectivity index (χ2v) is 5.62. The van der Waals surface area contributed by atoms with E-state index in [2.05, 4.69) is 15.0 Å². The van der Waals surface area contributed by atoms with E-state index in [0.717, 1.165) is 0 Å². The highest BCUT2D eigenvalue weighted by atomic mass is 16.7. The monoisotopic (exact) mass is 308 g/mol. The molecule has 0 radical (unpaired) electrons. The Balaban J connectivity index is 1.81. The topological polar surface area (TPSA) is 132 Å². The van der Waals surface area contributed by atoms with E-state index < -0.39 is 24.0 Å². The van der Waals surface area contributed by atoms with Crippen molar-refractivity contribution in [2.24, 2.45) is 0 Å². The molecule has 10 nitrogen and oxygen atoms in total. The van der Waals surface area contributed by atoms with E-state index in [1.54, 1.807) is 16.7 Å². The summed E-state index contributed by atoms with van der Waals surface area (Å²) in [7, 11) is 1.72. The van der Waals surface area contributed by atoms with Crippen LogP contribution in [0.1, 0.15) is 6.23 Å². The molecule has 4 rings (SSSR count). The maximum absolute atomic E-state index is 10.4. The number of nitrogens with zero attached hydrogens (tertiary/aromatic N) is 5. The number of aliphatic hydroxyl groups excluding tert-OH is 2. The molecular formula is C12H16N6O4. The third-order valence-corrected chi connectivity index (χ3v) is 4.21. The summed E-state index contributed by atoms with van der Waals surface area (Å²) >= 11 is 0. The molecular weight excluding hydrogens is 292 g/mol. The molecule has 2 aliphatic heterocycles. The van der Waals surface area contributed by atoms with Crippen LogP contribution in [0.2, 0.25) is 0 Å². The highest BCUT2D eigenvalue weighted by molar-refractivity contribution is 5.81. The van der Waals surface area contributed by atoms with Crippen LogP contribution in [0.15, 0.2) is 12.7 Å². The normalized spacial score (nSPS) is 35.3. The molecule has 2 aromatic heterocycles. The molecule has 2 aromatic rings. The minimum absolute atomic E-state index is 0.251. The largest absolute Gasteiger partial charge is 0.393 e. The van der Waals surface area contributed by atoms with Crippen LogP contribution < -0.4 is 5.73 Å². The summed E-state index contributed by atoms with van der Waals surface area (Å²) in [6, 6.07) is 0. The Bertz CT molecular complexity index is 723. The van der Waals surface area contributed by atoms with Crippen LogP contribution in [0.3, 0.4) is 0 Å². The fraction of sp³-hybridized carbons (Fsp3) is 0.583. The minimum atomic E-state index is -1.10. The predicted octanol–water partition coefficient (Wildman–Crippen LogP) is -1.73. The smallest absolute Gasteiger partial charge is 0.168 e. The van der Waals surface area contributed by atoms with E-state index >= 15 is 0 Å². The van der Waals surface area contributed by atoms with Crippen LogP contribution in [-0.4, -0.2) is 72.8 Å². The van der Waals surface area contributed by atoms with Gasteiger partial charge in [-0.1, -0.05) is 0 Å². The van der Waals surface area contributed by atoms with Gasteiger partial charge in [0.15, 0.2) is 23.8 Å². The van der Waals surface area contributed by atoms with Crippen LogP contribution in [0.5, 0.6) is 0 Å². The quantitative estimate of drug-likeness (QED) is 0.592. The Morgan fingerprint density at radius 1 is 1.45 bits per heavy atom. The maximum atomic E-state index is 10.4. The number of anilines is 1. The van der Waals surface area contributed by atoms with Gasteiger partial charge in [0, 0.05) is 7.05 Å². The Kier molecular flexibility index (Phi) is 2.86. The Hall–Kier alpha value is -1.85. The second-order valence-electron chi connectivity index (χ2n) is 5.62. The number of aliphatic hydroxyl groups is 2. The third-order valence-electron chi connectivity index (χ3n) is 4.21. The molecule has 118 valence electrons. The number of fused-ring (bicyclic) bond motifs is 3. The minimum Gasteiger partial charge on any atom is -0.393 e. The number of aromatic nitrogens is 4. The Morgan fingerprint density at radius 2 is 2.27 bits per heavy atom. The third kappa shape index (κ3) is 1.69. The lowest BCUT2D eigenvalue weighted by atomic mass is 9.94. The molecule has 4 N–H and O–H groups in total. The molecule has 2 aliphatic rings. The zero-order valence-corrected chi connectivity index (χ0v) is 11.8. The lowest BCUT2D eigenvalue weighted by Crippen LogP contribution is -2.58. The Labute approximate surface area is 125 Å². The van der Waals surface area contributed by atoms with Gasteiger partial charge in [0.1, 0.15) is 23.5 Å². The summed E-state index contributed by atoms with van der Waals surface area (Å²) in [5.74, 6) is 0.264. The highest BCUT2D eigenvalue weighted by Crippen LogP contribution is 2.43.